The Balaban J connectivity index is 1.46. The third-order valence-corrected chi connectivity index (χ3v) is 6.76. The first kappa shape index (κ1) is 22.6. The fraction of sp³-hybridized carbons (Fsp3) is 0.464. The smallest absolute Gasteiger partial charge is 0.216 e. The van der Waals surface area contributed by atoms with Gasteiger partial charge in [0.1, 0.15) is 24.5 Å². The van der Waals surface area contributed by atoms with E-state index in [0.717, 1.165) is 59.8 Å². The van der Waals surface area contributed by atoms with E-state index in [1.54, 1.807) is 6.33 Å². The van der Waals surface area contributed by atoms with Gasteiger partial charge in [0.15, 0.2) is 0 Å². The molecule has 6 nitrogen and oxygen atoms in total. The summed E-state index contributed by atoms with van der Waals surface area (Å²) < 4.78 is 12.0. The molecule has 2 aromatic heterocycles. The molecule has 0 bridgehead atoms. The van der Waals surface area contributed by atoms with Gasteiger partial charge in [-0.3, -0.25) is 0 Å². The maximum Gasteiger partial charge on any atom is 0.216 e. The molecule has 6 heteroatoms. The number of hydrogen-bond donors (Lipinski definition) is 0. The van der Waals surface area contributed by atoms with Gasteiger partial charge in [-0.2, -0.15) is 0 Å². The van der Waals surface area contributed by atoms with Crippen molar-refractivity contribution in [3.8, 4) is 22.8 Å². The third-order valence-electron chi connectivity index (χ3n) is 6.76. The molecule has 2 aliphatic rings. The molecule has 0 radical (unpaired) electrons. The Kier molecular flexibility index (Phi) is 5.92. The molecule has 178 valence electrons. The van der Waals surface area contributed by atoms with E-state index in [-0.39, 0.29) is 11.5 Å². The monoisotopic (exact) mass is 458 g/mol. The topological polar surface area (TPSA) is 60.4 Å². The van der Waals surface area contributed by atoms with Crippen LogP contribution in [0.4, 0.5) is 5.82 Å². The third kappa shape index (κ3) is 4.59. The maximum atomic E-state index is 6.14. The Bertz CT molecular complexity index is 1210. The minimum atomic E-state index is 0.103. The zero-order valence-electron chi connectivity index (χ0n) is 20.9. The van der Waals surface area contributed by atoms with Crippen molar-refractivity contribution in [2.24, 2.45) is 5.41 Å². The molecule has 0 fully saturated rings. The number of ether oxygens (including phenoxy) is 2. The van der Waals surface area contributed by atoms with E-state index in [2.05, 4.69) is 53.0 Å². The van der Waals surface area contributed by atoms with Crippen LogP contribution in [-0.4, -0.2) is 34.2 Å². The SMILES string of the molecule is Cc1cc(-c2ccc3c(c2)CN(c2ncnc4c2CC(C)(C)CC4)CCO3)cnc1OC(C)C. The van der Waals surface area contributed by atoms with E-state index in [1.165, 1.54) is 17.7 Å². The van der Waals surface area contributed by atoms with Crippen LogP contribution in [0, 0.1) is 12.3 Å². The standard InChI is InChI=1S/C28H34N4O2/c1-18(2)34-27-19(3)12-21(15-29-27)20-6-7-25-22(13-20)16-32(10-11-33-25)26-23-14-28(4,5)9-8-24(23)30-17-31-26/h6-7,12-13,15,17-18H,8-11,14,16H2,1-5H3. The summed E-state index contributed by atoms with van der Waals surface area (Å²) in [5.74, 6) is 2.70. The number of anilines is 1. The number of aryl methyl sites for hydroxylation is 2. The van der Waals surface area contributed by atoms with Gasteiger partial charge >= 0.3 is 0 Å². The first-order valence-electron chi connectivity index (χ1n) is 12.3. The maximum absolute atomic E-state index is 6.14. The van der Waals surface area contributed by atoms with Crippen LogP contribution in [0.3, 0.4) is 0 Å². The Morgan fingerprint density at radius 2 is 1.94 bits per heavy atom. The average molecular weight is 459 g/mol. The number of fused-ring (bicyclic) bond motifs is 2. The second-order valence-corrected chi connectivity index (χ2v) is 10.6. The van der Waals surface area contributed by atoms with E-state index in [9.17, 15) is 0 Å². The van der Waals surface area contributed by atoms with Crippen molar-refractivity contribution in [1.29, 1.82) is 0 Å². The number of aromatic nitrogens is 3. The van der Waals surface area contributed by atoms with Gasteiger partial charge in [-0.25, -0.2) is 15.0 Å². The molecule has 0 unspecified atom stereocenters. The highest BCUT2D eigenvalue weighted by atomic mass is 16.5. The molecule has 1 aliphatic carbocycles. The van der Waals surface area contributed by atoms with Gasteiger partial charge in [0, 0.05) is 40.7 Å². The Morgan fingerprint density at radius 3 is 2.74 bits per heavy atom. The van der Waals surface area contributed by atoms with Crippen LogP contribution in [0.1, 0.15) is 56.5 Å². The van der Waals surface area contributed by atoms with Crippen LogP contribution in [0.25, 0.3) is 11.1 Å². The predicted molar refractivity (Wildman–Crippen MR) is 135 cm³/mol. The lowest BCUT2D eigenvalue weighted by Crippen LogP contribution is -2.31. The lowest BCUT2D eigenvalue weighted by atomic mass is 9.76. The van der Waals surface area contributed by atoms with Crippen molar-refractivity contribution >= 4 is 5.82 Å². The fourth-order valence-electron chi connectivity index (χ4n) is 4.95. The molecule has 5 rings (SSSR count). The van der Waals surface area contributed by atoms with E-state index >= 15 is 0 Å². The van der Waals surface area contributed by atoms with Crippen molar-refractivity contribution in [2.45, 2.75) is 66.5 Å². The summed E-state index contributed by atoms with van der Waals surface area (Å²) in [6.45, 7) is 13.0. The van der Waals surface area contributed by atoms with E-state index < -0.39 is 0 Å². The molecule has 1 aliphatic heterocycles. The molecule has 3 heterocycles. The normalized spacial score (nSPS) is 16.9. The van der Waals surface area contributed by atoms with Crippen LogP contribution < -0.4 is 14.4 Å². The highest BCUT2D eigenvalue weighted by Crippen LogP contribution is 2.39. The highest BCUT2D eigenvalue weighted by molar-refractivity contribution is 5.67. The molecule has 0 N–H and O–H groups in total. The number of rotatable bonds is 4. The van der Waals surface area contributed by atoms with Crippen molar-refractivity contribution in [3.63, 3.8) is 0 Å². The van der Waals surface area contributed by atoms with Gasteiger partial charge in [-0.1, -0.05) is 19.9 Å². The Labute approximate surface area is 202 Å². The highest BCUT2D eigenvalue weighted by Gasteiger charge is 2.30. The minimum absolute atomic E-state index is 0.103. The lowest BCUT2D eigenvalue weighted by molar-refractivity contribution is 0.231. The van der Waals surface area contributed by atoms with E-state index in [1.807, 2.05) is 27.0 Å². The summed E-state index contributed by atoms with van der Waals surface area (Å²) in [5, 5.41) is 0. The van der Waals surface area contributed by atoms with Gasteiger partial charge < -0.3 is 14.4 Å². The van der Waals surface area contributed by atoms with Crippen LogP contribution in [-0.2, 0) is 19.4 Å². The zero-order valence-corrected chi connectivity index (χ0v) is 20.9. The van der Waals surface area contributed by atoms with Gasteiger partial charge in [0.05, 0.1) is 12.6 Å². The predicted octanol–water partition coefficient (Wildman–Crippen LogP) is 5.55. The summed E-state index contributed by atoms with van der Waals surface area (Å²) in [6, 6.07) is 8.57. The minimum Gasteiger partial charge on any atom is -0.491 e. The molecule has 0 saturated carbocycles. The van der Waals surface area contributed by atoms with Crippen molar-refractivity contribution < 1.29 is 9.47 Å². The summed E-state index contributed by atoms with van der Waals surface area (Å²) in [6.07, 6.45) is 6.92. The molecule has 0 atom stereocenters. The quantitative estimate of drug-likeness (QED) is 0.511. The van der Waals surface area contributed by atoms with Crippen molar-refractivity contribution in [1.82, 2.24) is 15.0 Å². The van der Waals surface area contributed by atoms with Gasteiger partial charge in [0.25, 0.3) is 0 Å². The van der Waals surface area contributed by atoms with Crippen LogP contribution in [0.5, 0.6) is 11.6 Å². The van der Waals surface area contributed by atoms with Crippen molar-refractivity contribution in [2.75, 3.05) is 18.1 Å². The molecule has 3 aromatic rings. The first-order chi connectivity index (χ1) is 16.3. The molecule has 1 aromatic carbocycles. The van der Waals surface area contributed by atoms with E-state index in [4.69, 9.17) is 14.5 Å². The molecule has 0 amide bonds. The number of pyridine rings is 1. The second kappa shape index (κ2) is 8.90. The second-order valence-electron chi connectivity index (χ2n) is 10.6. The largest absolute Gasteiger partial charge is 0.491 e. The number of benzene rings is 1. The average Bonchev–Trinajstić information content (AvgIpc) is 3.01. The molecular formula is C28H34N4O2. The summed E-state index contributed by atoms with van der Waals surface area (Å²) >= 11 is 0. The number of nitrogens with zero attached hydrogens (tertiary/aromatic N) is 4. The molecule has 0 saturated heterocycles. The zero-order chi connectivity index (χ0) is 23.9. The Hall–Kier alpha value is -3.15. The van der Waals surface area contributed by atoms with Gasteiger partial charge in [-0.05, 0) is 69.2 Å². The fourth-order valence-corrected chi connectivity index (χ4v) is 4.95. The molecule has 0 spiro atoms. The Morgan fingerprint density at radius 1 is 1.09 bits per heavy atom. The van der Waals surface area contributed by atoms with Crippen molar-refractivity contribution in [3.05, 3.63) is 59.2 Å². The first-order valence-corrected chi connectivity index (χ1v) is 12.3. The van der Waals surface area contributed by atoms with Crippen LogP contribution in [0.2, 0.25) is 0 Å². The molecular weight excluding hydrogens is 424 g/mol. The van der Waals surface area contributed by atoms with Crippen LogP contribution in [0.15, 0.2) is 36.8 Å². The summed E-state index contributed by atoms with van der Waals surface area (Å²) in [7, 11) is 0. The van der Waals surface area contributed by atoms with Gasteiger partial charge in [-0.15, -0.1) is 0 Å². The summed E-state index contributed by atoms with van der Waals surface area (Å²) in [4.78, 5) is 16.3. The lowest BCUT2D eigenvalue weighted by Gasteiger charge is -2.33. The summed E-state index contributed by atoms with van der Waals surface area (Å²) in [5.41, 5.74) is 7.19. The van der Waals surface area contributed by atoms with E-state index in [0.29, 0.717) is 12.5 Å². The number of hydrogen-bond acceptors (Lipinski definition) is 6. The van der Waals surface area contributed by atoms with Crippen LogP contribution >= 0.6 is 0 Å². The van der Waals surface area contributed by atoms with Gasteiger partial charge in [0.2, 0.25) is 5.88 Å². The molecule has 34 heavy (non-hydrogen) atoms.